The lowest BCUT2D eigenvalue weighted by molar-refractivity contribution is -0.132. The second kappa shape index (κ2) is 10.8. The Hall–Kier alpha value is -4.64. The average Bonchev–Trinajstić information content (AvgIpc) is 2.96. The molecule has 0 saturated carbocycles. The molecule has 0 unspecified atom stereocenters. The third-order valence-corrected chi connectivity index (χ3v) is 7.27. The Morgan fingerprint density at radius 3 is 2.34 bits per heavy atom. The maximum absolute atomic E-state index is 13.7. The number of fused-ring (bicyclic) bond motifs is 1. The maximum Gasteiger partial charge on any atom is 0.229 e. The van der Waals surface area contributed by atoms with Crippen LogP contribution in [0.25, 0.3) is 10.9 Å². The first-order valence-electron chi connectivity index (χ1n) is 12.6. The Balaban J connectivity index is 1.38. The Morgan fingerprint density at radius 1 is 1.05 bits per heavy atom. The largest absolute Gasteiger partial charge is 0.495 e. The van der Waals surface area contributed by atoms with Crippen molar-refractivity contribution in [3.05, 3.63) is 89.5 Å². The lowest BCUT2D eigenvalue weighted by Crippen LogP contribution is -2.50. The third-order valence-electron chi connectivity index (χ3n) is 7.27. The summed E-state index contributed by atoms with van der Waals surface area (Å²) in [6, 6.07) is 25.2. The fraction of sp³-hybridized carbons (Fsp3) is 0.267. The summed E-state index contributed by atoms with van der Waals surface area (Å²) in [5, 5.41) is 23.6. The summed E-state index contributed by atoms with van der Waals surface area (Å²) in [5.74, 6) is 0.631. The van der Waals surface area contributed by atoms with E-state index in [2.05, 4.69) is 33.5 Å². The fourth-order valence-electron chi connectivity index (χ4n) is 5.10. The molecular weight excluding hydrogens is 478 g/mol. The molecule has 0 bridgehead atoms. The first-order chi connectivity index (χ1) is 18.5. The van der Waals surface area contributed by atoms with Crippen molar-refractivity contribution in [1.82, 2.24) is 15.3 Å². The Morgan fingerprint density at radius 2 is 1.71 bits per heavy atom. The molecule has 2 heterocycles. The molecule has 2 N–H and O–H groups in total. The molecule has 1 saturated heterocycles. The molecule has 38 heavy (non-hydrogen) atoms. The summed E-state index contributed by atoms with van der Waals surface area (Å²) in [5.41, 5.74) is 2.40. The van der Waals surface area contributed by atoms with Crippen LogP contribution < -0.4 is 15.0 Å². The summed E-state index contributed by atoms with van der Waals surface area (Å²) in [6.45, 7) is 1.60. The molecule has 1 fully saturated rings. The molecule has 0 spiro atoms. The number of carbonyl (C=O) groups excluding carboxylic acids is 1. The molecule has 5 rings (SSSR count). The van der Waals surface area contributed by atoms with Crippen molar-refractivity contribution in [3.8, 4) is 17.7 Å². The zero-order valence-corrected chi connectivity index (χ0v) is 21.2. The van der Waals surface area contributed by atoms with Gasteiger partial charge >= 0.3 is 0 Å². The number of ether oxygens (including phenoxy) is 1. The highest BCUT2D eigenvalue weighted by Gasteiger charge is 2.42. The highest BCUT2D eigenvalue weighted by molar-refractivity contribution is 5.87. The highest BCUT2D eigenvalue weighted by Crippen LogP contribution is 2.38. The SMILES string of the molecule is COc1cc2nc(N3CCC(Cc4ccccc4)(C(=O)NCc4ccccc4)CC3)nc(O)c2cc1C#N. The number of hydrogen-bond donors (Lipinski definition) is 2. The molecule has 1 aliphatic heterocycles. The van der Waals surface area contributed by atoms with E-state index in [4.69, 9.17) is 4.74 Å². The van der Waals surface area contributed by atoms with Gasteiger partial charge in [0.25, 0.3) is 0 Å². The number of nitriles is 1. The fourth-order valence-corrected chi connectivity index (χ4v) is 5.10. The van der Waals surface area contributed by atoms with E-state index < -0.39 is 5.41 Å². The highest BCUT2D eigenvalue weighted by atomic mass is 16.5. The predicted octanol–water partition coefficient (Wildman–Crippen LogP) is 4.36. The van der Waals surface area contributed by atoms with E-state index >= 15 is 0 Å². The minimum atomic E-state index is -0.573. The average molecular weight is 508 g/mol. The van der Waals surface area contributed by atoms with Crippen LogP contribution in [0.3, 0.4) is 0 Å². The van der Waals surface area contributed by atoms with E-state index in [0.29, 0.717) is 67.1 Å². The number of hydrogen-bond acceptors (Lipinski definition) is 7. The molecule has 8 heteroatoms. The number of aromatic nitrogens is 2. The number of aromatic hydroxyl groups is 1. The van der Waals surface area contributed by atoms with Crippen LogP contribution in [-0.2, 0) is 17.8 Å². The minimum absolute atomic E-state index is 0.0425. The van der Waals surface area contributed by atoms with Crippen LogP contribution in [-0.4, -0.2) is 41.2 Å². The van der Waals surface area contributed by atoms with E-state index in [-0.39, 0.29) is 11.8 Å². The summed E-state index contributed by atoms with van der Waals surface area (Å²) in [4.78, 5) is 24.6. The molecule has 0 atom stereocenters. The van der Waals surface area contributed by atoms with E-state index in [1.165, 1.54) is 13.2 Å². The molecule has 8 nitrogen and oxygen atoms in total. The molecule has 1 aromatic heterocycles. The second-order valence-electron chi connectivity index (χ2n) is 9.63. The summed E-state index contributed by atoms with van der Waals surface area (Å²) >= 11 is 0. The number of methoxy groups -OCH3 is 1. The van der Waals surface area contributed by atoms with E-state index in [1.54, 1.807) is 6.07 Å². The van der Waals surface area contributed by atoms with Gasteiger partial charge in [0.1, 0.15) is 11.8 Å². The van der Waals surface area contributed by atoms with Crippen LogP contribution in [0.5, 0.6) is 11.6 Å². The molecule has 4 aromatic rings. The van der Waals surface area contributed by atoms with Crippen LogP contribution in [0.15, 0.2) is 72.8 Å². The lowest BCUT2D eigenvalue weighted by Gasteiger charge is -2.41. The van der Waals surface area contributed by atoms with Crippen molar-refractivity contribution in [3.63, 3.8) is 0 Å². The van der Waals surface area contributed by atoms with E-state index in [1.807, 2.05) is 53.4 Å². The zero-order valence-electron chi connectivity index (χ0n) is 21.2. The smallest absolute Gasteiger partial charge is 0.229 e. The van der Waals surface area contributed by atoms with Gasteiger partial charge in [0, 0.05) is 25.7 Å². The minimum Gasteiger partial charge on any atom is -0.495 e. The normalized spacial score (nSPS) is 14.6. The van der Waals surface area contributed by atoms with Gasteiger partial charge in [0.2, 0.25) is 17.7 Å². The van der Waals surface area contributed by atoms with Gasteiger partial charge in [0.15, 0.2) is 0 Å². The first kappa shape index (κ1) is 25.0. The van der Waals surface area contributed by atoms with Gasteiger partial charge in [-0.1, -0.05) is 60.7 Å². The molecule has 3 aromatic carbocycles. The van der Waals surface area contributed by atoms with Gasteiger partial charge in [0.05, 0.1) is 29.0 Å². The van der Waals surface area contributed by atoms with Gasteiger partial charge < -0.3 is 20.1 Å². The summed E-state index contributed by atoms with van der Waals surface area (Å²) in [7, 11) is 1.49. The van der Waals surface area contributed by atoms with Crippen LogP contribution in [0, 0.1) is 16.7 Å². The molecule has 1 aliphatic rings. The van der Waals surface area contributed by atoms with Crippen LogP contribution in [0.2, 0.25) is 0 Å². The number of piperidine rings is 1. The summed E-state index contributed by atoms with van der Waals surface area (Å²) in [6.07, 6.45) is 1.86. The predicted molar refractivity (Wildman–Crippen MR) is 145 cm³/mol. The Labute approximate surface area is 221 Å². The quantitative estimate of drug-likeness (QED) is 0.382. The number of amides is 1. The van der Waals surface area contributed by atoms with Crippen LogP contribution in [0.4, 0.5) is 5.95 Å². The van der Waals surface area contributed by atoms with Crippen molar-refractivity contribution in [1.29, 1.82) is 5.26 Å². The third kappa shape index (κ3) is 5.09. The lowest BCUT2D eigenvalue weighted by atomic mass is 9.73. The van der Waals surface area contributed by atoms with Crippen molar-refractivity contribution in [2.75, 3.05) is 25.1 Å². The number of nitrogens with zero attached hydrogens (tertiary/aromatic N) is 4. The topological polar surface area (TPSA) is 111 Å². The molecule has 1 amide bonds. The molecule has 0 radical (unpaired) electrons. The monoisotopic (exact) mass is 507 g/mol. The maximum atomic E-state index is 13.7. The summed E-state index contributed by atoms with van der Waals surface area (Å²) < 4.78 is 5.31. The standard InChI is InChI=1S/C30H29N5O3/c1-38-26-17-25-24(16-23(26)19-31)27(36)34-29(33-25)35-14-12-30(13-15-35,18-21-8-4-2-5-9-21)28(37)32-20-22-10-6-3-7-11-22/h2-11,16-17H,12-15,18,20H2,1H3,(H,32,37)(H,33,34,36). The van der Waals surface area contributed by atoms with Gasteiger partial charge in [-0.3, -0.25) is 4.79 Å². The zero-order chi connectivity index (χ0) is 26.5. The van der Waals surface area contributed by atoms with Crippen LogP contribution in [0.1, 0.15) is 29.5 Å². The van der Waals surface area contributed by atoms with E-state index in [9.17, 15) is 15.2 Å². The van der Waals surface area contributed by atoms with Crippen molar-refractivity contribution >= 4 is 22.8 Å². The first-order valence-corrected chi connectivity index (χ1v) is 12.6. The number of anilines is 1. The van der Waals surface area contributed by atoms with Crippen molar-refractivity contribution in [2.45, 2.75) is 25.8 Å². The number of rotatable bonds is 7. The van der Waals surface area contributed by atoms with Gasteiger partial charge in [-0.2, -0.15) is 10.2 Å². The van der Waals surface area contributed by atoms with E-state index in [0.717, 1.165) is 11.1 Å². The number of nitrogens with one attached hydrogen (secondary N) is 1. The molecule has 0 aliphatic carbocycles. The van der Waals surface area contributed by atoms with Gasteiger partial charge in [-0.15, -0.1) is 0 Å². The molecule has 192 valence electrons. The Kier molecular flexibility index (Phi) is 7.09. The molecular formula is C30H29N5O3. The Bertz CT molecular complexity index is 1480. The van der Waals surface area contributed by atoms with Crippen LogP contribution >= 0.6 is 0 Å². The second-order valence-corrected chi connectivity index (χ2v) is 9.63. The number of carbonyl (C=O) groups is 1. The van der Waals surface area contributed by atoms with Gasteiger partial charge in [-0.25, -0.2) is 4.98 Å². The van der Waals surface area contributed by atoms with Gasteiger partial charge in [-0.05, 0) is 36.5 Å². The van der Waals surface area contributed by atoms with Crippen molar-refractivity contribution in [2.24, 2.45) is 5.41 Å². The number of benzene rings is 3. The van der Waals surface area contributed by atoms with Crippen molar-refractivity contribution < 1.29 is 14.6 Å².